The zero-order chi connectivity index (χ0) is 22.6. The maximum atomic E-state index is 11.7. The Hall–Kier alpha value is -1.67. The number of aliphatic hydroxyl groups is 2. The largest absolute Gasteiger partial charge is 0.481 e. The fourth-order valence-corrected chi connectivity index (χ4v) is 2.94. The third-order valence-corrected chi connectivity index (χ3v) is 4.73. The first-order chi connectivity index (χ1) is 14.4. The number of esters is 2. The topological polar surface area (TPSA) is 130 Å². The van der Waals surface area contributed by atoms with Crippen LogP contribution in [-0.4, -0.2) is 58.6 Å². The van der Waals surface area contributed by atoms with Gasteiger partial charge in [-0.3, -0.25) is 9.59 Å². The number of carbonyl (C=O) groups excluding carboxylic acids is 2. The first kappa shape index (κ1) is 28.3. The molecule has 3 N–H and O–H groups in total. The Morgan fingerprint density at radius 2 is 1.20 bits per heavy atom. The highest BCUT2D eigenvalue weighted by atomic mass is 16.6. The van der Waals surface area contributed by atoms with Crippen LogP contribution in [0.4, 0.5) is 0 Å². The van der Waals surface area contributed by atoms with Gasteiger partial charge in [0.05, 0.1) is 6.42 Å². The van der Waals surface area contributed by atoms with Crippen LogP contribution in [0.1, 0.15) is 96.8 Å². The van der Waals surface area contributed by atoms with E-state index in [1.165, 1.54) is 57.8 Å². The third-order valence-electron chi connectivity index (χ3n) is 4.73. The molecule has 0 saturated heterocycles. The number of ether oxygens (including phenoxy) is 2. The molecule has 0 aliphatic rings. The summed E-state index contributed by atoms with van der Waals surface area (Å²) in [6, 6.07) is 0. The Labute approximate surface area is 179 Å². The molecule has 0 aromatic carbocycles. The quantitative estimate of drug-likeness (QED) is 0.197. The molecule has 0 aromatic rings. The van der Waals surface area contributed by atoms with E-state index in [-0.39, 0.29) is 13.0 Å². The average molecular weight is 433 g/mol. The fourth-order valence-electron chi connectivity index (χ4n) is 2.94. The van der Waals surface area contributed by atoms with E-state index in [0.717, 1.165) is 19.3 Å². The monoisotopic (exact) mass is 432 g/mol. The molecule has 2 unspecified atom stereocenters. The summed E-state index contributed by atoms with van der Waals surface area (Å²) in [7, 11) is 0. The summed E-state index contributed by atoms with van der Waals surface area (Å²) < 4.78 is 9.51. The van der Waals surface area contributed by atoms with E-state index in [9.17, 15) is 24.6 Å². The molecule has 30 heavy (non-hydrogen) atoms. The predicted octanol–water partition coefficient (Wildman–Crippen LogP) is 3.36. The van der Waals surface area contributed by atoms with Crippen molar-refractivity contribution in [2.24, 2.45) is 0 Å². The van der Waals surface area contributed by atoms with Crippen molar-refractivity contribution in [2.75, 3.05) is 13.2 Å². The predicted molar refractivity (Wildman–Crippen MR) is 112 cm³/mol. The molecule has 0 aliphatic carbocycles. The third kappa shape index (κ3) is 18.4. The maximum absolute atomic E-state index is 11.7. The summed E-state index contributed by atoms with van der Waals surface area (Å²) in [5.41, 5.74) is 0. The molecule has 8 heteroatoms. The van der Waals surface area contributed by atoms with Gasteiger partial charge in [-0.1, -0.05) is 77.6 Å². The van der Waals surface area contributed by atoms with Crippen molar-refractivity contribution in [3.63, 3.8) is 0 Å². The number of carbonyl (C=O) groups is 3. The van der Waals surface area contributed by atoms with Gasteiger partial charge in [0.25, 0.3) is 0 Å². The Morgan fingerprint density at radius 1 is 0.733 bits per heavy atom. The minimum atomic E-state index is -1.79. The highest BCUT2D eigenvalue weighted by Gasteiger charge is 2.21. The normalized spacial score (nSPS) is 12.9. The highest BCUT2D eigenvalue weighted by Crippen LogP contribution is 2.12. The lowest BCUT2D eigenvalue weighted by atomic mass is 10.0. The number of carboxylic acid groups (broad SMARTS) is 1. The molecule has 0 aromatic heterocycles. The van der Waals surface area contributed by atoms with Crippen LogP contribution in [0.15, 0.2) is 0 Å². The molecule has 2 atom stereocenters. The van der Waals surface area contributed by atoms with E-state index >= 15 is 0 Å². The smallest absolute Gasteiger partial charge is 0.335 e. The lowest BCUT2D eigenvalue weighted by molar-refractivity contribution is -0.162. The van der Waals surface area contributed by atoms with Gasteiger partial charge in [-0.15, -0.1) is 0 Å². The molecule has 0 aliphatic heterocycles. The van der Waals surface area contributed by atoms with E-state index in [0.29, 0.717) is 0 Å². The van der Waals surface area contributed by atoms with E-state index < -0.39 is 43.1 Å². The second-order valence-electron chi connectivity index (χ2n) is 7.72. The molecule has 0 bridgehead atoms. The first-order valence-corrected chi connectivity index (χ1v) is 11.3. The molecule has 0 rings (SSSR count). The number of aliphatic carboxylic acids is 1. The van der Waals surface area contributed by atoms with Crippen LogP contribution in [0, 0.1) is 0 Å². The van der Waals surface area contributed by atoms with Gasteiger partial charge in [0.1, 0.15) is 19.3 Å². The molecule has 0 radical (unpaired) electrons. The fraction of sp³-hybridized carbons (Fsp3) is 0.864. The van der Waals surface area contributed by atoms with Crippen molar-refractivity contribution in [2.45, 2.75) is 109 Å². The van der Waals surface area contributed by atoms with Crippen LogP contribution in [0.3, 0.4) is 0 Å². The van der Waals surface area contributed by atoms with E-state index in [4.69, 9.17) is 9.84 Å². The zero-order valence-corrected chi connectivity index (χ0v) is 18.4. The van der Waals surface area contributed by atoms with Gasteiger partial charge in [0.2, 0.25) is 0 Å². The first-order valence-electron chi connectivity index (χ1n) is 11.3. The van der Waals surface area contributed by atoms with Crippen molar-refractivity contribution >= 4 is 17.9 Å². The molecule has 0 fully saturated rings. The van der Waals surface area contributed by atoms with Gasteiger partial charge >= 0.3 is 17.9 Å². The Morgan fingerprint density at radius 3 is 1.70 bits per heavy atom. The summed E-state index contributed by atoms with van der Waals surface area (Å²) in [6.45, 7) is 1.42. The maximum Gasteiger partial charge on any atom is 0.335 e. The summed E-state index contributed by atoms with van der Waals surface area (Å²) in [4.78, 5) is 33.3. The lowest BCUT2D eigenvalue weighted by Gasteiger charge is -2.13. The van der Waals surface area contributed by atoms with Gasteiger partial charge in [0, 0.05) is 6.42 Å². The van der Waals surface area contributed by atoms with E-state index in [2.05, 4.69) is 11.7 Å². The zero-order valence-electron chi connectivity index (χ0n) is 18.4. The van der Waals surface area contributed by atoms with Gasteiger partial charge in [-0.25, -0.2) is 4.79 Å². The summed E-state index contributed by atoms with van der Waals surface area (Å²) >= 11 is 0. The number of unbranched alkanes of at least 4 members (excludes halogenated alkanes) is 11. The molecule has 0 amide bonds. The Kier molecular flexibility index (Phi) is 18.2. The molecular formula is C22H40O8. The average Bonchev–Trinajstić information content (AvgIpc) is 2.70. The highest BCUT2D eigenvalue weighted by molar-refractivity contribution is 5.80. The number of rotatable bonds is 20. The molecule has 8 nitrogen and oxygen atoms in total. The van der Waals surface area contributed by atoms with Crippen LogP contribution in [0.25, 0.3) is 0 Å². The molecule has 0 saturated carbocycles. The van der Waals surface area contributed by atoms with Crippen molar-refractivity contribution in [3.8, 4) is 0 Å². The van der Waals surface area contributed by atoms with Crippen molar-refractivity contribution in [1.82, 2.24) is 0 Å². The minimum absolute atomic E-state index is 0.279. The molecular weight excluding hydrogens is 392 g/mol. The van der Waals surface area contributed by atoms with Gasteiger partial charge < -0.3 is 24.8 Å². The summed E-state index contributed by atoms with van der Waals surface area (Å²) in [6.07, 6.45) is 11.0. The second-order valence-corrected chi connectivity index (χ2v) is 7.72. The Balaban J connectivity index is 3.52. The van der Waals surface area contributed by atoms with Gasteiger partial charge in [-0.2, -0.15) is 0 Å². The van der Waals surface area contributed by atoms with Crippen molar-refractivity contribution in [1.29, 1.82) is 0 Å². The van der Waals surface area contributed by atoms with Crippen molar-refractivity contribution in [3.05, 3.63) is 0 Å². The van der Waals surface area contributed by atoms with Crippen LogP contribution in [0.5, 0.6) is 0 Å². The minimum Gasteiger partial charge on any atom is -0.481 e. The van der Waals surface area contributed by atoms with Crippen LogP contribution in [-0.2, 0) is 23.9 Å². The number of aliphatic hydroxyl groups excluding tert-OH is 2. The van der Waals surface area contributed by atoms with Gasteiger partial charge in [-0.05, 0) is 6.42 Å². The summed E-state index contributed by atoms with van der Waals surface area (Å²) in [5, 5.41) is 27.3. The summed E-state index contributed by atoms with van der Waals surface area (Å²) in [5.74, 6) is -2.90. The van der Waals surface area contributed by atoms with E-state index in [1.54, 1.807) is 0 Å². The molecule has 0 spiro atoms. The number of carboxylic acids is 1. The van der Waals surface area contributed by atoms with Crippen LogP contribution < -0.4 is 0 Å². The molecule has 0 heterocycles. The molecule has 176 valence electrons. The van der Waals surface area contributed by atoms with E-state index in [1.807, 2.05) is 0 Å². The van der Waals surface area contributed by atoms with Gasteiger partial charge in [0.15, 0.2) is 6.10 Å². The standard InChI is InChI=1S/C22H40O8/c1-2-3-4-5-6-7-8-9-10-11-12-13-14-21(27)29-16-18(23)17-30-22(28)19(24)15-20(25)26/h18-19,23-24H,2-17H2,1H3,(H,25,26). The Bertz CT molecular complexity index is 466. The number of hydrogen-bond acceptors (Lipinski definition) is 7. The SMILES string of the molecule is CCCCCCCCCCCCCCC(=O)OCC(O)COC(=O)C(O)CC(=O)O. The van der Waals surface area contributed by atoms with Crippen LogP contribution in [0.2, 0.25) is 0 Å². The van der Waals surface area contributed by atoms with Crippen LogP contribution >= 0.6 is 0 Å². The number of hydrogen-bond donors (Lipinski definition) is 3. The van der Waals surface area contributed by atoms with Crippen molar-refractivity contribution < 1.29 is 39.2 Å². The second kappa shape index (κ2) is 19.3. The lowest BCUT2D eigenvalue weighted by Crippen LogP contribution is -2.31.